The largest absolute Gasteiger partial charge is 0.448 e. The molecule has 0 amide bonds. The van der Waals surface area contributed by atoms with E-state index >= 15 is 0 Å². The van der Waals surface area contributed by atoms with Crippen LogP contribution in [-0.4, -0.2) is 0 Å². The lowest BCUT2D eigenvalue weighted by Crippen LogP contribution is -2.08. The summed E-state index contributed by atoms with van der Waals surface area (Å²) in [5, 5.41) is 0.409. The van der Waals surface area contributed by atoms with Gasteiger partial charge in [0.2, 0.25) is 0 Å². The van der Waals surface area contributed by atoms with Gasteiger partial charge in [-0.3, -0.25) is 0 Å². The van der Waals surface area contributed by atoms with E-state index < -0.39 is 0 Å². The summed E-state index contributed by atoms with van der Waals surface area (Å²) in [6.07, 6.45) is 1.99. The predicted molar refractivity (Wildman–Crippen MR) is 52.8 cm³/mol. The molecule has 1 aromatic heterocycles. The van der Waals surface area contributed by atoms with Crippen LogP contribution < -0.4 is 5.73 Å². The Kier molecular flexibility index (Phi) is 5.38. The van der Waals surface area contributed by atoms with Crippen molar-refractivity contribution in [2.24, 2.45) is 5.73 Å². The minimum absolute atomic E-state index is 0. The van der Waals surface area contributed by atoms with Crippen LogP contribution in [0.2, 0.25) is 5.22 Å². The second kappa shape index (κ2) is 5.46. The molecular weight excluding hydrogens is 197 g/mol. The Morgan fingerprint density at radius 2 is 2.25 bits per heavy atom. The number of hydrogen-bond acceptors (Lipinski definition) is 2. The van der Waals surface area contributed by atoms with Crippen LogP contribution in [0.5, 0.6) is 0 Å². The van der Waals surface area contributed by atoms with Gasteiger partial charge in [0.15, 0.2) is 5.22 Å². The first-order valence-electron chi connectivity index (χ1n) is 3.75. The average molecular weight is 210 g/mol. The summed E-state index contributed by atoms with van der Waals surface area (Å²) < 4.78 is 5.14. The fourth-order valence-electron chi connectivity index (χ4n) is 0.981. The second-order valence-electron chi connectivity index (χ2n) is 2.54. The molecule has 2 nitrogen and oxygen atoms in total. The quantitative estimate of drug-likeness (QED) is 0.832. The summed E-state index contributed by atoms with van der Waals surface area (Å²) in [6, 6.07) is 3.53. The minimum Gasteiger partial charge on any atom is -0.448 e. The fraction of sp³-hybridized carbons (Fsp3) is 0.500. The molecule has 0 bridgehead atoms. The number of hydrogen-bond donors (Lipinski definition) is 1. The molecule has 0 aliphatic rings. The zero-order chi connectivity index (χ0) is 8.27. The molecule has 1 aromatic rings. The van der Waals surface area contributed by atoms with Gasteiger partial charge in [0.25, 0.3) is 0 Å². The fourth-order valence-corrected chi connectivity index (χ4v) is 1.13. The smallest absolute Gasteiger partial charge is 0.193 e. The van der Waals surface area contributed by atoms with E-state index in [4.69, 9.17) is 21.8 Å². The van der Waals surface area contributed by atoms with E-state index in [0.717, 1.165) is 18.6 Å². The Hall–Kier alpha value is -0.180. The Morgan fingerprint density at radius 3 is 2.67 bits per heavy atom. The molecule has 0 aliphatic heterocycles. The van der Waals surface area contributed by atoms with Gasteiger partial charge in [-0.25, -0.2) is 0 Å². The number of rotatable bonds is 3. The van der Waals surface area contributed by atoms with Crippen LogP contribution in [0.4, 0.5) is 0 Å². The third-order valence-corrected chi connectivity index (χ3v) is 1.76. The Balaban J connectivity index is 0.00000121. The van der Waals surface area contributed by atoms with Gasteiger partial charge in [-0.05, 0) is 30.2 Å². The number of nitrogens with two attached hydrogens (primary N) is 1. The van der Waals surface area contributed by atoms with Crippen LogP contribution >= 0.6 is 24.0 Å². The van der Waals surface area contributed by atoms with E-state index in [0.29, 0.717) is 5.22 Å². The van der Waals surface area contributed by atoms with Crippen molar-refractivity contribution in [1.29, 1.82) is 0 Å². The first-order valence-corrected chi connectivity index (χ1v) is 4.12. The zero-order valence-electron chi connectivity index (χ0n) is 6.92. The third-order valence-electron chi connectivity index (χ3n) is 1.56. The molecule has 2 N–H and O–H groups in total. The van der Waals surface area contributed by atoms with Crippen LogP contribution in [0.15, 0.2) is 16.5 Å². The molecule has 70 valence electrons. The van der Waals surface area contributed by atoms with Gasteiger partial charge in [-0.1, -0.05) is 13.3 Å². The lowest BCUT2D eigenvalue weighted by molar-refractivity contribution is 0.451. The Bertz CT molecular complexity index is 225. The highest BCUT2D eigenvalue weighted by atomic mass is 35.5. The summed E-state index contributed by atoms with van der Waals surface area (Å²) in [6.45, 7) is 2.09. The maximum atomic E-state index is 5.77. The third kappa shape index (κ3) is 3.05. The topological polar surface area (TPSA) is 39.2 Å². The molecule has 0 saturated carbocycles. The molecule has 0 unspecified atom stereocenters. The summed E-state index contributed by atoms with van der Waals surface area (Å²) in [5.41, 5.74) is 5.77. The number of furan rings is 1. The molecule has 0 spiro atoms. The van der Waals surface area contributed by atoms with Gasteiger partial charge in [0.05, 0.1) is 6.04 Å². The number of halogens is 2. The Morgan fingerprint density at radius 1 is 1.58 bits per heavy atom. The standard InChI is InChI=1S/C8H12ClNO.ClH/c1-2-3-6(10)7-4-5-8(9)11-7;/h4-6H,2-3,10H2,1H3;1H/t6-;/m1./s1. The summed E-state index contributed by atoms with van der Waals surface area (Å²) in [7, 11) is 0. The van der Waals surface area contributed by atoms with E-state index in [1.165, 1.54) is 0 Å². The van der Waals surface area contributed by atoms with E-state index in [1.54, 1.807) is 6.07 Å². The molecule has 1 atom stereocenters. The molecular formula is C8H13Cl2NO. The van der Waals surface area contributed by atoms with Gasteiger partial charge in [0, 0.05) is 0 Å². The molecule has 1 rings (SSSR count). The summed E-state index contributed by atoms with van der Waals surface area (Å²) in [5.74, 6) is 0.775. The first kappa shape index (κ1) is 11.8. The van der Waals surface area contributed by atoms with Crippen LogP contribution in [0.3, 0.4) is 0 Å². The highest BCUT2D eigenvalue weighted by molar-refractivity contribution is 6.28. The molecule has 0 aliphatic carbocycles. The Labute approximate surface area is 83.5 Å². The van der Waals surface area contributed by atoms with Crippen LogP contribution in [0, 0.1) is 0 Å². The second-order valence-corrected chi connectivity index (χ2v) is 2.91. The van der Waals surface area contributed by atoms with Gasteiger partial charge >= 0.3 is 0 Å². The van der Waals surface area contributed by atoms with Crippen molar-refractivity contribution in [2.45, 2.75) is 25.8 Å². The molecule has 4 heteroatoms. The van der Waals surface area contributed by atoms with Crippen LogP contribution in [0.1, 0.15) is 31.6 Å². The highest BCUT2D eigenvalue weighted by Gasteiger charge is 2.08. The van der Waals surface area contributed by atoms with Crippen molar-refractivity contribution in [1.82, 2.24) is 0 Å². The van der Waals surface area contributed by atoms with Gasteiger partial charge < -0.3 is 10.2 Å². The highest BCUT2D eigenvalue weighted by Crippen LogP contribution is 2.20. The van der Waals surface area contributed by atoms with Crippen LogP contribution in [0.25, 0.3) is 0 Å². The molecule has 12 heavy (non-hydrogen) atoms. The van der Waals surface area contributed by atoms with Crippen molar-refractivity contribution in [3.05, 3.63) is 23.1 Å². The normalized spacial score (nSPS) is 12.2. The minimum atomic E-state index is -0.00694. The lowest BCUT2D eigenvalue weighted by atomic mass is 10.1. The first-order chi connectivity index (χ1) is 5.24. The molecule has 1 heterocycles. The van der Waals surface area contributed by atoms with Crippen LogP contribution in [-0.2, 0) is 0 Å². The zero-order valence-corrected chi connectivity index (χ0v) is 8.49. The molecule has 0 radical (unpaired) electrons. The summed E-state index contributed by atoms with van der Waals surface area (Å²) in [4.78, 5) is 0. The van der Waals surface area contributed by atoms with E-state index in [-0.39, 0.29) is 18.4 Å². The SMILES string of the molecule is CCC[C@@H](N)c1ccc(Cl)o1.Cl. The van der Waals surface area contributed by atoms with Gasteiger partial charge in [0.1, 0.15) is 5.76 Å². The molecule has 0 aromatic carbocycles. The van der Waals surface area contributed by atoms with Crippen molar-refractivity contribution in [3.63, 3.8) is 0 Å². The molecule has 0 saturated heterocycles. The van der Waals surface area contributed by atoms with Gasteiger partial charge in [-0.15, -0.1) is 12.4 Å². The van der Waals surface area contributed by atoms with E-state index in [1.807, 2.05) is 6.07 Å². The van der Waals surface area contributed by atoms with E-state index in [2.05, 4.69) is 6.92 Å². The molecule has 0 fully saturated rings. The van der Waals surface area contributed by atoms with Crippen molar-refractivity contribution in [3.8, 4) is 0 Å². The van der Waals surface area contributed by atoms with E-state index in [9.17, 15) is 0 Å². The average Bonchev–Trinajstić information content (AvgIpc) is 2.36. The summed E-state index contributed by atoms with van der Waals surface area (Å²) >= 11 is 5.58. The lowest BCUT2D eigenvalue weighted by Gasteiger charge is -2.04. The van der Waals surface area contributed by atoms with Crippen molar-refractivity contribution < 1.29 is 4.42 Å². The van der Waals surface area contributed by atoms with Crippen molar-refractivity contribution >= 4 is 24.0 Å². The van der Waals surface area contributed by atoms with Gasteiger partial charge in [-0.2, -0.15) is 0 Å². The maximum Gasteiger partial charge on any atom is 0.193 e. The van der Waals surface area contributed by atoms with Crippen molar-refractivity contribution in [2.75, 3.05) is 0 Å². The maximum absolute atomic E-state index is 5.77. The predicted octanol–water partition coefficient (Wildman–Crippen LogP) is 3.15. The monoisotopic (exact) mass is 209 g/mol.